The molecule has 0 aliphatic carbocycles. The summed E-state index contributed by atoms with van der Waals surface area (Å²) >= 11 is 1.73. The summed E-state index contributed by atoms with van der Waals surface area (Å²) in [6.07, 6.45) is 9.16. The molecule has 0 unspecified atom stereocenters. The first-order chi connectivity index (χ1) is 8.90. The predicted octanol–water partition coefficient (Wildman–Crippen LogP) is 3.82. The van der Waals surface area contributed by atoms with Crippen molar-refractivity contribution in [3.05, 3.63) is 36.8 Å². The third kappa shape index (κ3) is 3.81. The lowest BCUT2D eigenvalue weighted by Gasteiger charge is -2.03. The van der Waals surface area contributed by atoms with Gasteiger partial charge in [-0.05, 0) is 24.6 Å². The van der Waals surface area contributed by atoms with Crippen molar-refractivity contribution >= 4 is 11.8 Å². The van der Waals surface area contributed by atoms with Crippen LogP contribution in [0.15, 0.2) is 41.9 Å². The Bertz CT molecular complexity index is 473. The van der Waals surface area contributed by atoms with Gasteiger partial charge in [-0.15, -0.1) is 0 Å². The summed E-state index contributed by atoms with van der Waals surface area (Å²) in [5.74, 6) is 1.09. The van der Waals surface area contributed by atoms with E-state index in [1.54, 1.807) is 18.0 Å². The number of thioether (sulfide) groups is 1. The SMILES string of the molecule is CCCCCSc1nccc(-c2cccnc2)n1. The molecule has 2 heterocycles. The van der Waals surface area contributed by atoms with Crippen molar-refractivity contribution in [1.29, 1.82) is 0 Å². The fourth-order valence-corrected chi connectivity index (χ4v) is 2.43. The van der Waals surface area contributed by atoms with E-state index in [1.165, 1.54) is 19.3 Å². The van der Waals surface area contributed by atoms with Crippen LogP contribution in [0.2, 0.25) is 0 Å². The molecule has 4 heteroatoms. The first-order valence-electron chi connectivity index (χ1n) is 6.26. The highest BCUT2D eigenvalue weighted by Crippen LogP contribution is 2.20. The van der Waals surface area contributed by atoms with Crippen LogP contribution in [0.5, 0.6) is 0 Å². The number of nitrogens with zero attached hydrogens (tertiary/aromatic N) is 3. The van der Waals surface area contributed by atoms with Crippen LogP contribution in [0, 0.1) is 0 Å². The highest BCUT2D eigenvalue weighted by molar-refractivity contribution is 7.99. The summed E-state index contributed by atoms with van der Waals surface area (Å²) in [6, 6.07) is 5.86. The zero-order chi connectivity index (χ0) is 12.6. The average molecular weight is 259 g/mol. The Labute approximate surface area is 112 Å². The molecule has 0 aliphatic rings. The van der Waals surface area contributed by atoms with Gasteiger partial charge < -0.3 is 0 Å². The number of aromatic nitrogens is 3. The van der Waals surface area contributed by atoms with Gasteiger partial charge in [0.25, 0.3) is 0 Å². The number of rotatable bonds is 6. The number of hydrogen-bond acceptors (Lipinski definition) is 4. The van der Waals surface area contributed by atoms with Crippen LogP contribution in [0.1, 0.15) is 26.2 Å². The van der Waals surface area contributed by atoms with Crippen molar-refractivity contribution in [2.45, 2.75) is 31.3 Å². The Balaban J connectivity index is 2.02. The summed E-state index contributed by atoms with van der Waals surface area (Å²) in [5, 5.41) is 0.854. The van der Waals surface area contributed by atoms with E-state index < -0.39 is 0 Å². The highest BCUT2D eigenvalue weighted by atomic mass is 32.2. The molecular weight excluding hydrogens is 242 g/mol. The number of hydrogen-bond donors (Lipinski definition) is 0. The monoisotopic (exact) mass is 259 g/mol. The van der Waals surface area contributed by atoms with Crippen LogP contribution in [0.25, 0.3) is 11.3 Å². The van der Waals surface area contributed by atoms with Gasteiger partial charge >= 0.3 is 0 Å². The number of pyridine rings is 1. The lowest BCUT2D eigenvalue weighted by molar-refractivity contribution is 0.777. The van der Waals surface area contributed by atoms with E-state index in [1.807, 2.05) is 30.6 Å². The molecule has 0 aliphatic heterocycles. The Kier molecular flexibility index (Phi) is 5.15. The van der Waals surface area contributed by atoms with Gasteiger partial charge in [-0.25, -0.2) is 9.97 Å². The van der Waals surface area contributed by atoms with Crippen molar-refractivity contribution in [2.75, 3.05) is 5.75 Å². The van der Waals surface area contributed by atoms with E-state index in [-0.39, 0.29) is 0 Å². The minimum atomic E-state index is 0.854. The molecule has 0 atom stereocenters. The van der Waals surface area contributed by atoms with Crippen molar-refractivity contribution < 1.29 is 0 Å². The van der Waals surface area contributed by atoms with E-state index in [0.717, 1.165) is 22.2 Å². The molecule has 2 aromatic heterocycles. The van der Waals surface area contributed by atoms with Gasteiger partial charge in [-0.3, -0.25) is 4.98 Å². The molecule has 0 amide bonds. The molecular formula is C14H17N3S. The Morgan fingerprint density at radius 1 is 1.17 bits per heavy atom. The maximum absolute atomic E-state index is 4.55. The molecule has 0 bridgehead atoms. The van der Waals surface area contributed by atoms with Gasteiger partial charge in [0.15, 0.2) is 5.16 Å². The number of unbranched alkanes of at least 4 members (excludes halogenated alkanes) is 2. The minimum absolute atomic E-state index is 0.854. The molecule has 0 N–H and O–H groups in total. The van der Waals surface area contributed by atoms with Crippen LogP contribution in [0.3, 0.4) is 0 Å². The molecule has 94 valence electrons. The Morgan fingerprint density at radius 3 is 2.89 bits per heavy atom. The quantitative estimate of drug-likeness (QED) is 0.449. The van der Waals surface area contributed by atoms with Gasteiger partial charge in [0.05, 0.1) is 5.69 Å². The van der Waals surface area contributed by atoms with Crippen molar-refractivity contribution in [3.8, 4) is 11.3 Å². The predicted molar refractivity (Wildman–Crippen MR) is 75.5 cm³/mol. The van der Waals surface area contributed by atoms with E-state index in [0.29, 0.717) is 0 Å². The molecule has 3 nitrogen and oxygen atoms in total. The minimum Gasteiger partial charge on any atom is -0.264 e. The van der Waals surface area contributed by atoms with Gasteiger partial charge in [-0.2, -0.15) is 0 Å². The summed E-state index contributed by atoms with van der Waals surface area (Å²) < 4.78 is 0. The van der Waals surface area contributed by atoms with Gasteiger partial charge in [-0.1, -0.05) is 31.5 Å². The van der Waals surface area contributed by atoms with Gasteiger partial charge in [0, 0.05) is 29.9 Å². The standard InChI is InChI=1S/C14H17N3S/c1-2-3-4-10-18-14-16-9-7-13(17-14)12-6-5-8-15-11-12/h5-9,11H,2-4,10H2,1H3. The molecule has 0 saturated carbocycles. The van der Waals surface area contributed by atoms with Crippen LogP contribution in [0.4, 0.5) is 0 Å². The third-order valence-corrected chi connectivity index (χ3v) is 3.52. The maximum atomic E-state index is 4.55. The second kappa shape index (κ2) is 7.11. The maximum Gasteiger partial charge on any atom is 0.188 e. The summed E-state index contributed by atoms with van der Waals surface area (Å²) in [6.45, 7) is 2.21. The zero-order valence-corrected chi connectivity index (χ0v) is 11.4. The van der Waals surface area contributed by atoms with Crippen molar-refractivity contribution in [2.24, 2.45) is 0 Å². The molecule has 0 spiro atoms. The van der Waals surface area contributed by atoms with E-state index in [9.17, 15) is 0 Å². The molecule has 0 fully saturated rings. The smallest absolute Gasteiger partial charge is 0.188 e. The summed E-state index contributed by atoms with van der Waals surface area (Å²) in [4.78, 5) is 13.0. The molecule has 2 aromatic rings. The average Bonchev–Trinajstić information content (AvgIpc) is 2.45. The second-order valence-electron chi connectivity index (χ2n) is 4.02. The largest absolute Gasteiger partial charge is 0.264 e. The normalized spacial score (nSPS) is 10.5. The third-order valence-electron chi connectivity index (χ3n) is 2.57. The molecule has 0 aromatic carbocycles. The summed E-state index contributed by atoms with van der Waals surface area (Å²) in [5.41, 5.74) is 1.98. The molecule has 18 heavy (non-hydrogen) atoms. The van der Waals surface area contributed by atoms with Gasteiger partial charge in [0.2, 0.25) is 0 Å². The van der Waals surface area contributed by atoms with Crippen LogP contribution < -0.4 is 0 Å². The van der Waals surface area contributed by atoms with Crippen LogP contribution in [-0.4, -0.2) is 20.7 Å². The van der Waals surface area contributed by atoms with Crippen molar-refractivity contribution in [3.63, 3.8) is 0 Å². The van der Waals surface area contributed by atoms with E-state index in [4.69, 9.17) is 0 Å². The first-order valence-corrected chi connectivity index (χ1v) is 7.25. The first kappa shape index (κ1) is 13.0. The lowest BCUT2D eigenvalue weighted by Crippen LogP contribution is -1.91. The molecule has 0 radical (unpaired) electrons. The fraction of sp³-hybridized carbons (Fsp3) is 0.357. The zero-order valence-electron chi connectivity index (χ0n) is 10.5. The van der Waals surface area contributed by atoms with Crippen molar-refractivity contribution in [1.82, 2.24) is 15.0 Å². The Morgan fingerprint density at radius 2 is 2.11 bits per heavy atom. The van der Waals surface area contributed by atoms with Crippen LogP contribution in [-0.2, 0) is 0 Å². The second-order valence-corrected chi connectivity index (χ2v) is 5.08. The fourth-order valence-electron chi connectivity index (χ4n) is 1.60. The van der Waals surface area contributed by atoms with Crippen LogP contribution >= 0.6 is 11.8 Å². The molecule has 0 saturated heterocycles. The summed E-state index contributed by atoms with van der Waals surface area (Å²) in [7, 11) is 0. The van der Waals surface area contributed by atoms with E-state index in [2.05, 4.69) is 21.9 Å². The van der Waals surface area contributed by atoms with Gasteiger partial charge in [0.1, 0.15) is 0 Å². The van der Waals surface area contributed by atoms with E-state index >= 15 is 0 Å². The highest BCUT2D eigenvalue weighted by Gasteiger charge is 2.02. The molecule has 2 rings (SSSR count). The Hall–Kier alpha value is -1.42. The topological polar surface area (TPSA) is 38.7 Å². The lowest BCUT2D eigenvalue weighted by atomic mass is 10.2.